The molecule has 1 saturated heterocycles. The smallest absolute Gasteiger partial charge is 0.310 e. The number of hydrogen-bond donors (Lipinski definition) is 0. The van der Waals surface area contributed by atoms with Gasteiger partial charge in [0, 0.05) is 37.6 Å². The molecule has 160 valence electrons. The van der Waals surface area contributed by atoms with Crippen molar-refractivity contribution in [1.82, 2.24) is 9.80 Å². The molecule has 1 aliphatic heterocycles. The summed E-state index contributed by atoms with van der Waals surface area (Å²) in [5, 5.41) is 0.758. The van der Waals surface area contributed by atoms with E-state index < -0.39 is 0 Å². The van der Waals surface area contributed by atoms with E-state index in [2.05, 4.69) is 0 Å². The summed E-state index contributed by atoms with van der Waals surface area (Å²) in [5.74, 6) is -0.793. The van der Waals surface area contributed by atoms with Crippen LogP contribution in [0.5, 0.6) is 0 Å². The molecule has 0 aliphatic carbocycles. The van der Waals surface area contributed by atoms with Gasteiger partial charge in [0.1, 0.15) is 0 Å². The van der Waals surface area contributed by atoms with Crippen molar-refractivity contribution in [3.8, 4) is 0 Å². The predicted molar refractivity (Wildman–Crippen MR) is 113 cm³/mol. The number of benzene rings is 1. The highest BCUT2D eigenvalue weighted by Crippen LogP contribution is 2.23. The van der Waals surface area contributed by atoms with E-state index in [0.29, 0.717) is 48.4 Å². The van der Waals surface area contributed by atoms with E-state index in [1.807, 2.05) is 6.92 Å². The quantitative estimate of drug-likeness (QED) is 0.569. The molecule has 8 heteroatoms. The number of nitrogens with zero attached hydrogens (tertiary/aromatic N) is 2. The summed E-state index contributed by atoms with van der Waals surface area (Å²) in [6.45, 7) is 5.91. The average molecular weight is 443 g/mol. The van der Waals surface area contributed by atoms with E-state index in [4.69, 9.17) is 27.9 Å². The van der Waals surface area contributed by atoms with Gasteiger partial charge in [-0.25, -0.2) is 0 Å². The first-order chi connectivity index (χ1) is 13.9. The Kier molecular flexibility index (Phi) is 9.24. The third-order valence-corrected chi connectivity index (χ3v) is 5.48. The van der Waals surface area contributed by atoms with Gasteiger partial charge in [-0.15, -0.1) is 0 Å². The lowest BCUT2D eigenvalue weighted by Crippen LogP contribution is -2.44. The Morgan fingerprint density at radius 2 is 1.97 bits per heavy atom. The fourth-order valence-corrected chi connectivity index (χ4v) is 3.95. The van der Waals surface area contributed by atoms with Crippen LogP contribution in [0.15, 0.2) is 18.2 Å². The molecule has 2 rings (SSSR count). The fraction of sp³-hybridized carbons (Fsp3) is 0.571. The van der Waals surface area contributed by atoms with Crippen LogP contribution < -0.4 is 0 Å². The first-order valence-electron chi connectivity index (χ1n) is 10.1. The van der Waals surface area contributed by atoms with Crippen molar-refractivity contribution in [1.29, 1.82) is 0 Å². The number of carbonyl (C=O) groups excluding carboxylic acids is 3. The molecule has 1 aromatic rings. The molecule has 0 N–H and O–H groups in total. The highest BCUT2D eigenvalue weighted by Gasteiger charge is 2.29. The number of amides is 2. The minimum absolute atomic E-state index is 0.0601. The first-order valence-corrected chi connectivity index (χ1v) is 10.8. The number of ether oxygens (including phenoxy) is 1. The monoisotopic (exact) mass is 442 g/mol. The van der Waals surface area contributed by atoms with Crippen molar-refractivity contribution in [3.63, 3.8) is 0 Å². The second-order valence-electron chi connectivity index (χ2n) is 7.10. The number of hydrogen-bond acceptors (Lipinski definition) is 4. The van der Waals surface area contributed by atoms with Crippen molar-refractivity contribution in [2.24, 2.45) is 5.92 Å². The Hall–Kier alpha value is -1.79. The molecule has 29 heavy (non-hydrogen) atoms. The number of rotatable bonds is 8. The van der Waals surface area contributed by atoms with Crippen molar-refractivity contribution in [2.45, 2.75) is 39.5 Å². The zero-order chi connectivity index (χ0) is 21.4. The number of carbonyl (C=O) groups is 3. The van der Waals surface area contributed by atoms with Gasteiger partial charge in [-0.05, 0) is 44.4 Å². The largest absolute Gasteiger partial charge is 0.466 e. The lowest BCUT2D eigenvalue weighted by molar-refractivity contribution is -0.151. The number of piperidine rings is 1. The maximum absolute atomic E-state index is 12.9. The van der Waals surface area contributed by atoms with Crippen LogP contribution in [0.4, 0.5) is 0 Å². The Balaban J connectivity index is 1.97. The lowest BCUT2D eigenvalue weighted by atomic mass is 9.98. The lowest BCUT2D eigenvalue weighted by Gasteiger charge is -2.32. The molecule has 1 aromatic carbocycles. The zero-order valence-electron chi connectivity index (χ0n) is 17.0. The second-order valence-corrected chi connectivity index (χ2v) is 7.94. The fourth-order valence-electron chi connectivity index (χ4n) is 3.46. The molecule has 1 fully saturated rings. The third-order valence-electron chi connectivity index (χ3n) is 4.93. The van der Waals surface area contributed by atoms with Crippen LogP contribution in [0.25, 0.3) is 0 Å². The molecule has 0 spiro atoms. The molecule has 0 bridgehead atoms. The summed E-state index contributed by atoms with van der Waals surface area (Å²) in [4.78, 5) is 40.9. The number of esters is 1. The molecule has 2 amide bonds. The van der Waals surface area contributed by atoms with Gasteiger partial charge in [0.25, 0.3) is 5.91 Å². The first kappa shape index (κ1) is 23.5. The molecule has 1 heterocycles. The van der Waals surface area contributed by atoms with Crippen LogP contribution in [0.3, 0.4) is 0 Å². The van der Waals surface area contributed by atoms with E-state index in [1.165, 1.54) is 6.07 Å². The Bertz CT molecular complexity index is 741. The Morgan fingerprint density at radius 3 is 2.62 bits per heavy atom. The molecular formula is C21H28Cl2N2O4. The molecule has 1 atom stereocenters. The number of likely N-dealkylation sites (tertiary alicyclic amines) is 1. The van der Waals surface area contributed by atoms with Crippen LogP contribution in [0.2, 0.25) is 10.0 Å². The van der Waals surface area contributed by atoms with Gasteiger partial charge in [0.2, 0.25) is 5.91 Å². The van der Waals surface area contributed by atoms with Crippen molar-refractivity contribution < 1.29 is 19.1 Å². The summed E-state index contributed by atoms with van der Waals surface area (Å²) in [6, 6.07) is 4.76. The molecule has 1 aliphatic rings. The van der Waals surface area contributed by atoms with E-state index in [-0.39, 0.29) is 30.1 Å². The van der Waals surface area contributed by atoms with Gasteiger partial charge >= 0.3 is 5.97 Å². The summed E-state index contributed by atoms with van der Waals surface area (Å²) in [5.41, 5.74) is 0.373. The van der Waals surface area contributed by atoms with Gasteiger partial charge in [0.05, 0.1) is 23.1 Å². The number of halogens is 2. The van der Waals surface area contributed by atoms with Crippen LogP contribution >= 0.6 is 23.2 Å². The highest BCUT2D eigenvalue weighted by atomic mass is 35.5. The van der Waals surface area contributed by atoms with Gasteiger partial charge < -0.3 is 14.5 Å². The van der Waals surface area contributed by atoms with Gasteiger partial charge in [-0.3, -0.25) is 14.4 Å². The van der Waals surface area contributed by atoms with Crippen molar-refractivity contribution in [3.05, 3.63) is 33.8 Å². The van der Waals surface area contributed by atoms with Crippen LogP contribution in [0.1, 0.15) is 49.9 Å². The molecule has 1 unspecified atom stereocenters. The summed E-state index contributed by atoms with van der Waals surface area (Å²) >= 11 is 12.1. The highest BCUT2D eigenvalue weighted by molar-refractivity contribution is 6.36. The Labute approximate surface area is 182 Å². The average Bonchev–Trinajstić information content (AvgIpc) is 2.70. The van der Waals surface area contributed by atoms with Gasteiger partial charge in [-0.2, -0.15) is 0 Å². The topological polar surface area (TPSA) is 66.9 Å². The summed E-state index contributed by atoms with van der Waals surface area (Å²) < 4.78 is 5.09. The van der Waals surface area contributed by atoms with Crippen LogP contribution in [-0.2, 0) is 14.3 Å². The van der Waals surface area contributed by atoms with Crippen LogP contribution in [-0.4, -0.2) is 60.4 Å². The minimum Gasteiger partial charge on any atom is -0.466 e. The molecule has 0 aromatic heterocycles. The van der Waals surface area contributed by atoms with E-state index >= 15 is 0 Å². The SMILES string of the molecule is CCCN(CCC(=O)N1CCCC(C(=O)OCC)C1)C(=O)c1ccc(Cl)cc1Cl. The van der Waals surface area contributed by atoms with E-state index in [9.17, 15) is 14.4 Å². The maximum atomic E-state index is 12.9. The normalized spacial score (nSPS) is 16.4. The molecule has 0 radical (unpaired) electrons. The van der Waals surface area contributed by atoms with E-state index in [0.717, 1.165) is 19.3 Å². The Morgan fingerprint density at radius 1 is 1.21 bits per heavy atom. The van der Waals surface area contributed by atoms with Gasteiger partial charge in [0.15, 0.2) is 0 Å². The second kappa shape index (κ2) is 11.4. The van der Waals surface area contributed by atoms with Gasteiger partial charge in [-0.1, -0.05) is 30.1 Å². The van der Waals surface area contributed by atoms with Crippen molar-refractivity contribution in [2.75, 3.05) is 32.8 Å². The standard InChI is InChI=1S/C21H28Cl2N2O4/c1-3-10-24(20(27)17-8-7-16(22)13-18(17)23)12-9-19(26)25-11-5-6-15(14-25)21(28)29-4-2/h7-8,13,15H,3-6,9-12,14H2,1-2H3. The minimum atomic E-state index is -0.270. The summed E-state index contributed by atoms with van der Waals surface area (Å²) in [6.07, 6.45) is 2.47. The third kappa shape index (κ3) is 6.61. The maximum Gasteiger partial charge on any atom is 0.310 e. The predicted octanol–water partition coefficient (Wildman–Crippen LogP) is 4.04. The van der Waals surface area contributed by atoms with Crippen molar-refractivity contribution >= 4 is 41.0 Å². The molecular weight excluding hydrogens is 415 g/mol. The van der Waals surface area contributed by atoms with E-state index in [1.54, 1.807) is 28.9 Å². The molecule has 0 saturated carbocycles. The summed E-state index contributed by atoms with van der Waals surface area (Å²) in [7, 11) is 0. The zero-order valence-corrected chi connectivity index (χ0v) is 18.5. The van der Waals surface area contributed by atoms with Crippen LogP contribution in [0, 0.1) is 5.92 Å². The molecule has 6 nitrogen and oxygen atoms in total.